The van der Waals surface area contributed by atoms with E-state index in [2.05, 4.69) is 10.5 Å². The van der Waals surface area contributed by atoms with Crippen molar-refractivity contribution in [2.45, 2.75) is 19.4 Å². The fourth-order valence-corrected chi connectivity index (χ4v) is 3.26. The number of hydrogen-bond acceptors (Lipinski definition) is 5. The van der Waals surface area contributed by atoms with Gasteiger partial charge in [0.25, 0.3) is 11.8 Å². The standard InChI is InChI=1S/C21H17N3O4/c1-13-11-18(28-23-13)22-19(25)17(12-14-7-3-2-4-8-14)24-20(26)15-9-5-6-10-16(15)21(24)27/h2-11,17H,12H2,1H3,(H,22,25). The van der Waals surface area contributed by atoms with Crippen molar-refractivity contribution in [2.24, 2.45) is 0 Å². The zero-order chi connectivity index (χ0) is 19.7. The second-order valence-corrected chi connectivity index (χ2v) is 6.55. The maximum Gasteiger partial charge on any atom is 0.262 e. The summed E-state index contributed by atoms with van der Waals surface area (Å²) in [7, 11) is 0. The maximum absolute atomic E-state index is 13.0. The van der Waals surface area contributed by atoms with E-state index in [-0.39, 0.29) is 12.3 Å². The van der Waals surface area contributed by atoms with Crippen molar-refractivity contribution in [1.29, 1.82) is 0 Å². The van der Waals surface area contributed by atoms with E-state index >= 15 is 0 Å². The minimum atomic E-state index is -1.03. The van der Waals surface area contributed by atoms with Crippen LogP contribution in [0.3, 0.4) is 0 Å². The molecule has 3 aromatic rings. The van der Waals surface area contributed by atoms with Crippen LogP contribution in [0.1, 0.15) is 32.0 Å². The Kier molecular flexibility index (Phi) is 4.49. The second-order valence-electron chi connectivity index (χ2n) is 6.55. The first-order chi connectivity index (χ1) is 13.5. The number of anilines is 1. The lowest BCUT2D eigenvalue weighted by atomic mass is 10.0. The summed E-state index contributed by atoms with van der Waals surface area (Å²) < 4.78 is 5.04. The molecular formula is C21H17N3O4. The van der Waals surface area contributed by atoms with Gasteiger partial charge in [0, 0.05) is 12.5 Å². The Bertz CT molecular complexity index is 1020. The fourth-order valence-electron chi connectivity index (χ4n) is 3.26. The van der Waals surface area contributed by atoms with Gasteiger partial charge in [-0.25, -0.2) is 0 Å². The first kappa shape index (κ1) is 17.7. The van der Waals surface area contributed by atoms with Crippen LogP contribution in [0, 0.1) is 6.92 Å². The number of carbonyl (C=O) groups excluding carboxylic acids is 3. The molecule has 4 rings (SSSR count). The van der Waals surface area contributed by atoms with Crippen LogP contribution in [0.25, 0.3) is 0 Å². The third kappa shape index (κ3) is 3.18. The van der Waals surface area contributed by atoms with E-state index in [1.165, 1.54) is 0 Å². The number of carbonyl (C=O) groups is 3. The molecule has 2 heterocycles. The van der Waals surface area contributed by atoms with E-state index < -0.39 is 23.8 Å². The van der Waals surface area contributed by atoms with Gasteiger partial charge in [0.2, 0.25) is 11.8 Å². The van der Waals surface area contributed by atoms with Gasteiger partial charge in [-0.05, 0) is 24.6 Å². The molecule has 1 N–H and O–H groups in total. The van der Waals surface area contributed by atoms with Gasteiger partial charge in [-0.2, -0.15) is 0 Å². The molecule has 1 unspecified atom stereocenters. The van der Waals surface area contributed by atoms with Gasteiger partial charge in [0.15, 0.2) is 0 Å². The fraction of sp³-hybridized carbons (Fsp3) is 0.143. The summed E-state index contributed by atoms with van der Waals surface area (Å²) in [5, 5.41) is 6.35. The van der Waals surface area contributed by atoms with Gasteiger partial charge in [-0.1, -0.05) is 47.6 Å². The van der Waals surface area contributed by atoms with Crippen LogP contribution in [-0.4, -0.2) is 33.8 Å². The highest BCUT2D eigenvalue weighted by Crippen LogP contribution is 2.26. The SMILES string of the molecule is Cc1cc(NC(=O)C(Cc2ccccc2)N2C(=O)c3ccccc3C2=O)on1. The zero-order valence-corrected chi connectivity index (χ0v) is 15.1. The summed E-state index contributed by atoms with van der Waals surface area (Å²) in [6.07, 6.45) is 0.186. The Hall–Kier alpha value is -3.74. The van der Waals surface area contributed by atoms with Gasteiger partial charge in [0.05, 0.1) is 16.8 Å². The number of imide groups is 1. The third-order valence-corrected chi connectivity index (χ3v) is 4.59. The minimum Gasteiger partial charge on any atom is -0.338 e. The van der Waals surface area contributed by atoms with Crippen molar-refractivity contribution in [3.63, 3.8) is 0 Å². The van der Waals surface area contributed by atoms with Gasteiger partial charge in [0.1, 0.15) is 6.04 Å². The van der Waals surface area contributed by atoms with Crippen molar-refractivity contribution in [3.8, 4) is 0 Å². The molecule has 0 radical (unpaired) electrons. The summed E-state index contributed by atoms with van der Waals surface area (Å²) in [4.78, 5) is 39.8. The first-order valence-corrected chi connectivity index (χ1v) is 8.79. The molecule has 7 heteroatoms. The van der Waals surface area contributed by atoms with Crippen molar-refractivity contribution in [1.82, 2.24) is 10.1 Å². The van der Waals surface area contributed by atoms with Gasteiger partial charge >= 0.3 is 0 Å². The number of fused-ring (bicyclic) bond motifs is 1. The lowest BCUT2D eigenvalue weighted by molar-refractivity contribution is -0.120. The van der Waals surface area contributed by atoms with Crippen molar-refractivity contribution in [3.05, 3.63) is 83.0 Å². The topological polar surface area (TPSA) is 92.5 Å². The number of aromatic nitrogens is 1. The molecule has 1 aliphatic heterocycles. The van der Waals surface area contributed by atoms with Crippen LogP contribution in [0.5, 0.6) is 0 Å². The summed E-state index contributed by atoms with van der Waals surface area (Å²) in [6.45, 7) is 1.73. The lowest BCUT2D eigenvalue weighted by Crippen LogP contribution is -2.48. The number of hydrogen-bond donors (Lipinski definition) is 1. The minimum absolute atomic E-state index is 0.164. The molecular weight excluding hydrogens is 358 g/mol. The summed E-state index contributed by atoms with van der Waals surface area (Å²) in [6, 6.07) is 16.3. The van der Waals surface area contributed by atoms with Crippen LogP contribution >= 0.6 is 0 Å². The molecule has 0 aliphatic carbocycles. The highest BCUT2D eigenvalue weighted by Gasteiger charge is 2.42. The predicted octanol–water partition coefficient (Wildman–Crippen LogP) is 2.83. The first-order valence-electron chi connectivity index (χ1n) is 8.79. The molecule has 1 aliphatic rings. The van der Waals surface area contributed by atoms with Gasteiger partial charge < -0.3 is 4.52 Å². The van der Waals surface area contributed by atoms with Gasteiger partial charge in [-0.3, -0.25) is 24.6 Å². The van der Waals surface area contributed by atoms with Crippen LogP contribution in [-0.2, 0) is 11.2 Å². The molecule has 2 aromatic carbocycles. The molecule has 0 fully saturated rings. The Balaban J connectivity index is 1.68. The van der Waals surface area contributed by atoms with E-state index in [9.17, 15) is 14.4 Å². The van der Waals surface area contributed by atoms with Crippen LogP contribution in [0.15, 0.2) is 65.2 Å². The van der Waals surface area contributed by atoms with E-state index in [1.54, 1.807) is 37.3 Å². The Morgan fingerprint density at radius 3 is 2.21 bits per heavy atom. The summed E-state index contributed by atoms with van der Waals surface area (Å²) in [5.74, 6) is -1.32. The summed E-state index contributed by atoms with van der Waals surface area (Å²) in [5.41, 5.74) is 2.03. The number of aryl methyl sites for hydroxylation is 1. The molecule has 1 aromatic heterocycles. The molecule has 3 amide bonds. The largest absolute Gasteiger partial charge is 0.338 e. The number of nitrogens with zero attached hydrogens (tertiary/aromatic N) is 2. The Morgan fingerprint density at radius 1 is 1.04 bits per heavy atom. The van der Waals surface area contributed by atoms with E-state index in [0.717, 1.165) is 10.5 Å². The quantitative estimate of drug-likeness (QED) is 0.692. The lowest BCUT2D eigenvalue weighted by Gasteiger charge is -2.25. The highest BCUT2D eigenvalue weighted by molar-refractivity contribution is 6.23. The van der Waals surface area contributed by atoms with Crippen LogP contribution in [0.2, 0.25) is 0 Å². The van der Waals surface area contributed by atoms with E-state index in [1.807, 2.05) is 30.3 Å². The predicted molar refractivity (Wildman–Crippen MR) is 101 cm³/mol. The van der Waals surface area contributed by atoms with Crippen molar-refractivity contribution in [2.75, 3.05) is 5.32 Å². The molecule has 28 heavy (non-hydrogen) atoms. The Labute approximate surface area is 160 Å². The molecule has 140 valence electrons. The second kappa shape index (κ2) is 7.11. The van der Waals surface area contributed by atoms with Crippen LogP contribution in [0.4, 0.5) is 5.88 Å². The molecule has 0 spiro atoms. The van der Waals surface area contributed by atoms with Crippen LogP contribution < -0.4 is 5.32 Å². The van der Waals surface area contributed by atoms with Gasteiger partial charge in [-0.15, -0.1) is 0 Å². The third-order valence-electron chi connectivity index (χ3n) is 4.59. The smallest absolute Gasteiger partial charge is 0.262 e. The average molecular weight is 375 g/mol. The molecule has 1 atom stereocenters. The van der Waals surface area contributed by atoms with E-state index in [4.69, 9.17) is 4.52 Å². The normalized spacial score (nSPS) is 14.1. The summed E-state index contributed by atoms with van der Waals surface area (Å²) >= 11 is 0. The monoisotopic (exact) mass is 375 g/mol. The average Bonchev–Trinajstić information content (AvgIpc) is 3.22. The zero-order valence-electron chi connectivity index (χ0n) is 15.1. The molecule has 7 nitrogen and oxygen atoms in total. The maximum atomic E-state index is 13.0. The Morgan fingerprint density at radius 2 is 1.64 bits per heavy atom. The number of nitrogens with one attached hydrogen (secondary N) is 1. The molecule has 0 bridgehead atoms. The number of benzene rings is 2. The highest BCUT2D eigenvalue weighted by atomic mass is 16.5. The van der Waals surface area contributed by atoms with Crippen molar-refractivity contribution < 1.29 is 18.9 Å². The molecule has 0 saturated heterocycles. The van der Waals surface area contributed by atoms with Crippen molar-refractivity contribution >= 4 is 23.6 Å². The van der Waals surface area contributed by atoms with E-state index in [0.29, 0.717) is 16.8 Å². The number of rotatable bonds is 5. The number of amides is 3. The molecule has 0 saturated carbocycles.